The summed E-state index contributed by atoms with van der Waals surface area (Å²) < 4.78 is 7.82. The third-order valence-electron chi connectivity index (χ3n) is 9.54. The minimum Gasteiger partial charge on any atom is -0.494 e. The number of likely N-dealkylation sites (N-methyl/N-ethyl adjacent to an activating group) is 1. The van der Waals surface area contributed by atoms with Crippen LogP contribution in [0.5, 0.6) is 5.75 Å². The lowest BCUT2D eigenvalue weighted by Crippen LogP contribution is -2.43. The largest absolute Gasteiger partial charge is 0.494 e. The number of imidazole rings is 1. The molecule has 2 aromatic heterocycles. The lowest BCUT2D eigenvalue weighted by Gasteiger charge is -2.32. The first-order valence-electron chi connectivity index (χ1n) is 17.8. The third-order valence-corrected chi connectivity index (χ3v) is 9.54. The number of rotatable bonds is 4. The van der Waals surface area contributed by atoms with Crippen LogP contribution in [-0.2, 0) is 12.0 Å². The minimum absolute atomic E-state index is 0.0843. The van der Waals surface area contributed by atoms with E-state index in [0.717, 1.165) is 76.1 Å². The molecule has 0 spiro atoms. The van der Waals surface area contributed by atoms with Gasteiger partial charge in [-0.1, -0.05) is 52.0 Å². The maximum Gasteiger partial charge on any atom is 0.271 e. The van der Waals surface area contributed by atoms with Crippen molar-refractivity contribution in [2.24, 2.45) is 0 Å². The topological polar surface area (TPSA) is 104 Å². The second-order valence-corrected chi connectivity index (χ2v) is 14.6. The van der Waals surface area contributed by atoms with Gasteiger partial charge in [0, 0.05) is 56.1 Å². The van der Waals surface area contributed by atoms with Crippen molar-refractivity contribution in [1.29, 1.82) is 0 Å². The molecule has 2 aliphatic rings. The van der Waals surface area contributed by atoms with Crippen LogP contribution >= 0.6 is 0 Å². The van der Waals surface area contributed by atoms with E-state index in [1.165, 1.54) is 11.1 Å². The molecule has 2 aromatic carbocycles. The van der Waals surface area contributed by atoms with E-state index in [2.05, 4.69) is 88.4 Å². The molecule has 4 heterocycles. The van der Waals surface area contributed by atoms with Crippen molar-refractivity contribution in [2.75, 3.05) is 51.7 Å². The molecule has 1 fully saturated rings. The number of carbonyl (C=O) groups is 2. The Bertz CT molecular complexity index is 1920. The van der Waals surface area contributed by atoms with E-state index in [0.29, 0.717) is 47.1 Å². The van der Waals surface area contributed by atoms with Crippen molar-refractivity contribution in [3.63, 3.8) is 0 Å². The molecule has 4 bridgehead atoms. The number of piperazine rings is 1. The van der Waals surface area contributed by atoms with Crippen LogP contribution in [0, 0.1) is 18.8 Å². The molecule has 2 aliphatic heterocycles. The average Bonchev–Trinajstić information content (AvgIpc) is 3.49. The van der Waals surface area contributed by atoms with Gasteiger partial charge in [-0.25, -0.2) is 9.50 Å². The number of aromatic nitrogens is 3. The molecule has 10 heteroatoms. The summed E-state index contributed by atoms with van der Waals surface area (Å²) in [7, 11) is 2.17. The highest BCUT2D eigenvalue weighted by Gasteiger charge is 2.21. The summed E-state index contributed by atoms with van der Waals surface area (Å²) in [6, 6.07) is 13.6. The van der Waals surface area contributed by atoms with Crippen LogP contribution in [0.2, 0.25) is 0 Å². The smallest absolute Gasteiger partial charge is 0.271 e. The fourth-order valence-electron chi connectivity index (χ4n) is 6.34. The Hall–Kier alpha value is -4.72. The molecule has 262 valence electrons. The standard InChI is InChI=1S/C40H49N7O3/c1-28-30-11-12-33-26-42-37-14-13-36(44-47(33)37)39(49)41-15-9-7-6-8-10-20-50-34(23-30)25-35(28)38(48)43-32-22-29(21-31(24-32)40(2,3)4)27-46-18-16-45(5)17-19-46/h13-14,21-26H,6-10,15-20,27H2,1-5H3,(H,41,49)(H,43,48). The second kappa shape index (κ2) is 15.4. The van der Waals surface area contributed by atoms with Gasteiger partial charge in [-0.3, -0.25) is 14.5 Å². The quantitative estimate of drug-likeness (QED) is 0.263. The van der Waals surface area contributed by atoms with Crippen LogP contribution in [0.1, 0.15) is 102 Å². The molecular weight excluding hydrogens is 626 g/mol. The van der Waals surface area contributed by atoms with Crippen molar-refractivity contribution in [3.8, 4) is 17.6 Å². The fourth-order valence-corrected chi connectivity index (χ4v) is 6.34. The molecule has 4 aromatic rings. The maximum atomic E-state index is 14.1. The zero-order chi connectivity index (χ0) is 35.3. The van der Waals surface area contributed by atoms with Gasteiger partial charge in [0.05, 0.1) is 12.8 Å². The van der Waals surface area contributed by atoms with Crippen molar-refractivity contribution < 1.29 is 14.3 Å². The van der Waals surface area contributed by atoms with Crippen molar-refractivity contribution >= 4 is 23.1 Å². The second-order valence-electron chi connectivity index (χ2n) is 14.6. The van der Waals surface area contributed by atoms with E-state index in [4.69, 9.17) is 4.74 Å². The molecule has 0 radical (unpaired) electrons. The van der Waals surface area contributed by atoms with Crippen molar-refractivity contribution in [1.82, 2.24) is 29.7 Å². The van der Waals surface area contributed by atoms with Gasteiger partial charge in [-0.2, -0.15) is 5.10 Å². The highest BCUT2D eigenvalue weighted by molar-refractivity contribution is 6.06. The van der Waals surface area contributed by atoms with Crippen LogP contribution in [0.25, 0.3) is 5.65 Å². The first-order valence-corrected chi connectivity index (χ1v) is 17.8. The van der Waals surface area contributed by atoms with Crippen molar-refractivity contribution in [3.05, 3.63) is 87.9 Å². The SMILES string of the molecule is Cc1c2cc(cc1C(=O)Nc1cc(CN3CCN(C)CC3)cc(C(C)(C)C)c1)OCCCCCCCNC(=O)c1ccc3ncc(n3n1)C#C2. The summed E-state index contributed by atoms with van der Waals surface area (Å²) >= 11 is 0. The van der Waals surface area contributed by atoms with E-state index in [1.54, 1.807) is 22.8 Å². The summed E-state index contributed by atoms with van der Waals surface area (Å²) in [6.45, 7) is 14.6. The van der Waals surface area contributed by atoms with Gasteiger partial charge < -0.3 is 20.3 Å². The van der Waals surface area contributed by atoms with E-state index in [9.17, 15) is 9.59 Å². The number of anilines is 1. The van der Waals surface area contributed by atoms with Gasteiger partial charge in [0.25, 0.3) is 11.8 Å². The summed E-state index contributed by atoms with van der Waals surface area (Å²) in [5.74, 6) is 6.63. The predicted molar refractivity (Wildman–Crippen MR) is 197 cm³/mol. The Morgan fingerprint density at radius 1 is 0.980 bits per heavy atom. The Morgan fingerprint density at radius 3 is 2.56 bits per heavy atom. The molecule has 2 N–H and O–H groups in total. The summed E-state index contributed by atoms with van der Waals surface area (Å²) in [6.07, 6.45) is 6.50. The zero-order valence-electron chi connectivity index (χ0n) is 30.1. The van der Waals surface area contributed by atoms with E-state index < -0.39 is 0 Å². The number of benzene rings is 2. The number of amides is 2. The number of carbonyl (C=O) groups excluding carboxylic acids is 2. The molecule has 6 rings (SSSR count). The zero-order valence-corrected chi connectivity index (χ0v) is 30.1. The molecule has 0 saturated carbocycles. The average molecular weight is 676 g/mol. The Kier molecular flexibility index (Phi) is 10.8. The van der Waals surface area contributed by atoms with Gasteiger partial charge in [0.15, 0.2) is 5.65 Å². The van der Waals surface area contributed by atoms with Crippen LogP contribution in [-0.4, -0.2) is 82.6 Å². The third kappa shape index (κ3) is 8.70. The molecular formula is C40H49N7O3. The van der Waals surface area contributed by atoms with Gasteiger partial charge in [0.1, 0.15) is 17.1 Å². The predicted octanol–water partition coefficient (Wildman–Crippen LogP) is 5.81. The number of hydrogen-bond donors (Lipinski definition) is 2. The van der Waals surface area contributed by atoms with Crippen LogP contribution < -0.4 is 15.4 Å². The minimum atomic E-state index is -0.218. The maximum absolute atomic E-state index is 14.1. The van der Waals surface area contributed by atoms with Crippen LogP contribution in [0.3, 0.4) is 0 Å². The van der Waals surface area contributed by atoms with Crippen LogP contribution in [0.15, 0.2) is 48.7 Å². The fraction of sp³-hybridized carbons (Fsp3) is 0.450. The van der Waals surface area contributed by atoms with E-state index in [-0.39, 0.29) is 17.2 Å². The Balaban J connectivity index is 1.33. The number of hydrogen-bond acceptors (Lipinski definition) is 7. The number of nitrogens with one attached hydrogen (secondary N) is 2. The first kappa shape index (κ1) is 35.1. The monoisotopic (exact) mass is 675 g/mol. The summed E-state index contributed by atoms with van der Waals surface area (Å²) in [4.78, 5) is 36.2. The molecule has 50 heavy (non-hydrogen) atoms. The molecule has 2 amide bonds. The van der Waals surface area contributed by atoms with Gasteiger partial charge in [-0.05, 0) is 91.2 Å². The number of nitrogens with zero attached hydrogens (tertiary/aromatic N) is 5. The summed E-state index contributed by atoms with van der Waals surface area (Å²) in [5.41, 5.74) is 6.43. The Morgan fingerprint density at radius 2 is 1.76 bits per heavy atom. The molecule has 1 saturated heterocycles. The van der Waals surface area contributed by atoms with Gasteiger partial charge in [-0.15, -0.1) is 0 Å². The summed E-state index contributed by atoms with van der Waals surface area (Å²) in [5, 5.41) is 10.7. The van der Waals surface area contributed by atoms with Gasteiger partial charge in [0.2, 0.25) is 0 Å². The lowest BCUT2D eigenvalue weighted by atomic mass is 9.85. The van der Waals surface area contributed by atoms with E-state index in [1.807, 2.05) is 19.1 Å². The highest BCUT2D eigenvalue weighted by atomic mass is 16.5. The molecule has 0 atom stereocenters. The molecule has 0 unspecified atom stereocenters. The Labute approximate surface area is 295 Å². The van der Waals surface area contributed by atoms with Crippen LogP contribution in [0.4, 0.5) is 5.69 Å². The van der Waals surface area contributed by atoms with Gasteiger partial charge >= 0.3 is 0 Å². The lowest BCUT2D eigenvalue weighted by molar-refractivity contribution is 0.0945. The molecule has 0 aliphatic carbocycles. The van der Waals surface area contributed by atoms with Crippen molar-refractivity contribution in [2.45, 2.75) is 71.8 Å². The van der Waals surface area contributed by atoms with E-state index >= 15 is 0 Å². The normalized spacial score (nSPS) is 16.8. The highest BCUT2D eigenvalue weighted by Crippen LogP contribution is 2.29. The first-order chi connectivity index (χ1) is 24.0. The number of fused-ring (bicyclic) bond motifs is 3. The molecule has 10 nitrogen and oxygen atoms in total. The number of ether oxygens (including phenoxy) is 1.